The maximum atomic E-state index is 13.6. The molecule has 0 aliphatic heterocycles. The van der Waals surface area contributed by atoms with Crippen LogP contribution in [-0.4, -0.2) is 41.0 Å². The number of nitrogens with zero attached hydrogens (tertiary/aromatic N) is 2. The van der Waals surface area contributed by atoms with Crippen LogP contribution in [0.2, 0.25) is 0 Å². The van der Waals surface area contributed by atoms with Crippen LogP contribution in [-0.2, 0) is 22.4 Å². The molecule has 188 valence electrons. The van der Waals surface area contributed by atoms with Crippen LogP contribution >= 0.6 is 11.3 Å². The first-order valence-electron chi connectivity index (χ1n) is 13.0. The van der Waals surface area contributed by atoms with E-state index in [1.165, 1.54) is 11.3 Å². The molecule has 0 bridgehead atoms. The Kier molecular flexibility index (Phi) is 9.17. The summed E-state index contributed by atoms with van der Waals surface area (Å²) in [5.74, 6) is 0.308. The van der Waals surface area contributed by atoms with Crippen molar-refractivity contribution >= 4 is 28.2 Å². The van der Waals surface area contributed by atoms with E-state index in [1.54, 1.807) is 0 Å². The third kappa shape index (κ3) is 6.01. The second-order valence-corrected chi connectivity index (χ2v) is 11.9. The maximum absolute atomic E-state index is 13.6. The van der Waals surface area contributed by atoms with E-state index in [2.05, 4.69) is 30.1 Å². The lowest BCUT2D eigenvalue weighted by atomic mass is 9.85. The van der Waals surface area contributed by atoms with Crippen molar-refractivity contribution in [2.75, 3.05) is 18.5 Å². The molecule has 2 amide bonds. The molecule has 2 N–H and O–H groups in total. The summed E-state index contributed by atoms with van der Waals surface area (Å²) in [4.78, 5) is 29.5. The summed E-state index contributed by atoms with van der Waals surface area (Å²) in [5.41, 5.74) is 1.49. The predicted molar refractivity (Wildman–Crippen MR) is 137 cm³/mol. The van der Waals surface area contributed by atoms with Gasteiger partial charge in [-0.25, -0.2) is 0 Å². The standard InChI is InChI=1S/C27H41N3O3S/c1-5-18(6-2)24(32)29-25-22(16-28)21-12-11-20(15-23(21)34-25)30(17-27(3,4)13-14-31)26(33)19-9-7-8-10-19/h18-20,31H,5-15,17H2,1-4H3,(H,29,32). The van der Waals surface area contributed by atoms with Crippen molar-refractivity contribution in [3.63, 3.8) is 0 Å². The lowest BCUT2D eigenvalue weighted by Crippen LogP contribution is -2.49. The molecule has 1 heterocycles. The van der Waals surface area contributed by atoms with Gasteiger partial charge < -0.3 is 15.3 Å². The average Bonchev–Trinajstić information content (AvgIpc) is 3.45. The second kappa shape index (κ2) is 11.7. The molecule has 6 nitrogen and oxygen atoms in total. The van der Waals surface area contributed by atoms with Gasteiger partial charge in [-0.2, -0.15) is 5.26 Å². The number of rotatable bonds is 10. The Balaban J connectivity index is 1.84. The number of fused-ring (bicyclic) bond motifs is 1. The van der Waals surface area contributed by atoms with Crippen molar-refractivity contribution in [3.8, 4) is 6.07 Å². The van der Waals surface area contributed by atoms with E-state index in [-0.39, 0.29) is 41.7 Å². The molecule has 1 fully saturated rings. The third-order valence-corrected chi connectivity index (χ3v) is 8.93. The molecule has 2 aliphatic rings. The highest BCUT2D eigenvalue weighted by Crippen LogP contribution is 2.40. The van der Waals surface area contributed by atoms with Crippen LogP contribution in [0.3, 0.4) is 0 Å². The summed E-state index contributed by atoms with van der Waals surface area (Å²) in [6.45, 7) is 9.02. The van der Waals surface area contributed by atoms with Crippen LogP contribution in [0.25, 0.3) is 0 Å². The maximum Gasteiger partial charge on any atom is 0.228 e. The number of thiophene rings is 1. The molecular formula is C27H41N3O3S. The minimum atomic E-state index is -0.162. The van der Waals surface area contributed by atoms with E-state index < -0.39 is 0 Å². The van der Waals surface area contributed by atoms with E-state index in [1.807, 2.05) is 13.8 Å². The molecule has 0 radical (unpaired) electrons. The van der Waals surface area contributed by atoms with Gasteiger partial charge in [0.25, 0.3) is 0 Å². The largest absolute Gasteiger partial charge is 0.396 e. The van der Waals surface area contributed by atoms with E-state index in [0.29, 0.717) is 23.5 Å². The van der Waals surface area contributed by atoms with Crippen LogP contribution in [0.1, 0.15) is 95.1 Å². The number of aliphatic hydroxyl groups is 1. The Morgan fingerprint density at radius 2 is 1.91 bits per heavy atom. The smallest absolute Gasteiger partial charge is 0.228 e. The number of carbonyl (C=O) groups is 2. The molecule has 1 aromatic rings. The average molecular weight is 488 g/mol. The zero-order valence-corrected chi connectivity index (χ0v) is 22.1. The highest BCUT2D eigenvalue weighted by molar-refractivity contribution is 7.16. The quantitative estimate of drug-likeness (QED) is 0.470. The number of hydrogen-bond donors (Lipinski definition) is 2. The number of anilines is 1. The lowest BCUT2D eigenvalue weighted by molar-refractivity contribution is -0.140. The number of nitrogens with one attached hydrogen (secondary N) is 1. The van der Waals surface area contributed by atoms with Crippen LogP contribution in [0.5, 0.6) is 0 Å². The summed E-state index contributed by atoms with van der Waals surface area (Å²) in [7, 11) is 0. The minimum absolute atomic E-state index is 0.0135. The SMILES string of the molecule is CCC(CC)C(=O)Nc1sc2c(c1C#N)CCC(N(CC(C)(C)CCO)C(=O)C1CCCC1)C2. The van der Waals surface area contributed by atoms with Crippen LogP contribution in [0, 0.1) is 28.6 Å². The Bertz CT molecular complexity index is 907. The molecule has 1 atom stereocenters. The van der Waals surface area contributed by atoms with Gasteiger partial charge in [-0.15, -0.1) is 11.3 Å². The van der Waals surface area contributed by atoms with Gasteiger partial charge >= 0.3 is 0 Å². The molecular weight excluding hydrogens is 446 g/mol. The van der Waals surface area contributed by atoms with Crippen LogP contribution in [0.15, 0.2) is 0 Å². The van der Waals surface area contributed by atoms with Crippen molar-refractivity contribution < 1.29 is 14.7 Å². The summed E-state index contributed by atoms with van der Waals surface area (Å²) >= 11 is 1.51. The third-order valence-electron chi connectivity index (χ3n) is 7.76. The zero-order chi connectivity index (χ0) is 24.9. The molecule has 0 spiro atoms. The first-order chi connectivity index (χ1) is 16.2. The van der Waals surface area contributed by atoms with Gasteiger partial charge in [0, 0.05) is 42.3 Å². The molecule has 2 aliphatic carbocycles. The Morgan fingerprint density at radius 1 is 1.24 bits per heavy atom. The topological polar surface area (TPSA) is 93.4 Å². The molecule has 1 aromatic heterocycles. The summed E-state index contributed by atoms with van der Waals surface area (Å²) < 4.78 is 0. The lowest BCUT2D eigenvalue weighted by Gasteiger charge is -2.40. The molecule has 0 aromatic carbocycles. The van der Waals surface area contributed by atoms with Gasteiger partial charge in [0.1, 0.15) is 11.1 Å². The van der Waals surface area contributed by atoms with E-state index >= 15 is 0 Å². The minimum Gasteiger partial charge on any atom is -0.396 e. The van der Waals surface area contributed by atoms with Gasteiger partial charge in [0.15, 0.2) is 0 Å². The summed E-state index contributed by atoms with van der Waals surface area (Å²) in [6.07, 6.45) is 8.69. The summed E-state index contributed by atoms with van der Waals surface area (Å²) in [5, 5.41) is 23.1. The summed E-state index contributed by atoms with van der Waals surface area (Å²) in [6, 6.07) is 2.43. The fraction of sp³-hybridized carbons (Fsp3) is 0.741. The van der Waals surface area contributed by atoms with Gasteiger partial charge in [0.05, 0.1) is 5.56 Å². The highest BCUT2D eigenvalue weighted by Gasteiger charge is 2.37. The van der Waals surface area contributed by atoms with Crippen molar-refractivity contribution in [3.05, 3.63) is 16.0 Å². The fourth-order valence-electron chi connectivity index (χ4n) is 5.55. The first kappa shape index (κ1) is 26.7. The molecule has 0 saturated heterocycles. The van der Waals surface area contributed by atoms with E-state index in [0.717, 1.165) is 68.2 Å². The predicted octanol–water partition coefficient (Wildman–Crippen LogP) is 5.28. The molecule has 1 unspecified atom stereocenters. The Morgan fingerprint density at radius 3 is 2.50 bits per heavy atom. The van der Waals surface area contributed by atoms with Crippen molar-refractivity contribution in [2.45, 2.75) is 97.9 Å². The monoisotopic (exact) mass is 487 g/mol. The number of amides is 2. The van der Waals surface area contributed by atoms with E-state index in [4.69, 9.17) is 0 Å². The van der Waals surface area contributed by atoms with Crippen molar-refractivity contribution in [1.29, 1.82) is 5.26 Å². The number of carbonyl (C=O) groups excluding carboxylic acids is 2. The Labute approximate surface area is 208 Å². The molecule has 1 saturated carbocycles. The van der Waals surface area contributed by atoms with Crippen molar-refractivity contribution in [2.24, 2.45) is 17.3 Å². The van der Waals surface area contributed by atoms with Gasteiger partial charge in [-0.05, 0) is 55.9 Å². The number of hydrogen-bond acceptors (Lipinski definition) is 5. The second-order valence-electron chi connectivity index (χ2n) is 10.8. The van der Waals surface area contributed by atoms with Gasteiger partial charge in [-0.3, -0.25) is 9.59 Å². The fourth-order valence-corrected chi connectivity index (χ4v) is 6.82. The van der Waals surface area contributed by atoms with Crippen LogP contribution < -0.4 is 5.32 Å². The normalized spacial score (nSPS) is 18.6. The zero-order valence-electron chi connectivity index (χ0n) is 21.3. The van der Waals surface area contributed by atoms with Gasteiger partial charge in [-0.1, -0.05) is 40.5 Å². The highest BCUT2D eigenvalue weighted by atomic mass is 32.1. The number of aliphatic hydroxyl groups excluding tert-OH is 1. The van der Waals surface area contributed by atoms with Crippen molar-refractivity contribution in [1.82, 2.24) is 4.90 Å². The molecule has 7 heteroatoms. The Hall–Kier alpha value is -1.91. The van der Waals surface area contributed by atoms with Gasteiger partial charge in [0.2, 0.25) is 11.8 Å². The van der Waals surface area contributed by atoms with Crippen LogP contribution in [0.4, 0.5) is 5.00 Å². The van der Waals surface area contributed by atoms with E-state index in [9.17, 15) is 20.0 Å². The molecule has 34 heavy (non-hydrogen) atoms. The number of nitriles is 1. The molecule has 3 rings (SSSR count). The first-order valence-corrected chi connectivity index (χ1v) is 13.8.